The van der Waals surface area contributed by atoms with Gasteiger partial charge in [0.2, 0.25) is 0 Å². The average molecular weight is 402 g/mol. The van der Waals surface area contributed by atoms with E-state index in [0.29, 0.717) is 50.7 Å². The van der Waals surface area contributed by atoms with Crippen molar-refractivity contribution < 1.29 is 22.7 Å². The molecule has 0 aliphatic carbocycles. The van der Waals surface area contributed by atoms with E-state index in [4.69, 9.17) is 9.15 Å². The molecule has 0 radical (unpaired) electrons. The molecular formula is C20H20F2N4O3. The summed E-state index contributed by atoms with van der Waals surface area (Å²) < 4.78 is 39.2. The molecular weight excluding hydrogens is 382 g/mol. The van der Waals surface area contributed by atoms with Crippen molar-refractivity contribution in [2.24, 2.45) is 0 Å². The minimum atomic E-state index is -1.04. The maximum Gasteiger partial charge on any atom is 0.254 e. The predicted octanol–water partition coefficient (Wildman–Crippen LogP) is 3.05. The van der Waals surface area contributed by atoms with Gasteiger partial charge in [0.05, 0.1) is 19.7 Å². The molecule has 0 fully saturated rings. The zero-order valence-electron chi connectivity index (χ0n) is 15.9. The van der Waals surface area contributed by atoms with Gasteiger partial charge in [-0.25, -0.2) is 13.8 Å². The first-order valence-electron chi connectivity index (χ1n) is 9.37. The molecule has 0 saturated heterocycles. The quantitative estimate of drug-likeness (QED) is 0.593. The molecule has 0 atom stereocenters. The van der Waals surface area contributed by atoms with Crippen LogP contribution in [0.3, 0.4) is 0 Å². The highest BCUT2D eigenvalue weighted by Crippen LogP contribution is 2.30. The van der Waals surface area contributed by atoms with Gasteiger partial charge in [0.1, 0.15) is 17.7 Å². The van der Waals surface area contributed by atoms with Crippen LogP contribution in [0.2, 0.25) is 0 Å². The van der Waals surface area contributed by atoms with Crippen LogP contribution in [0.15, 0.2) is 35.3 Å². The molecule has 7 nitrogen and oxygen atoms in total. The molecule has 9 heteroatoms. The highest BCUT2D eigenvalue weighted by Gasteiger charge is 2.29. The second-order valence-corrected chi connectivity index (χ2v) is 6.67. The first kappa shape index (κ1) is 19.3. The molecule has 0 bridgehead atoms. The molecule has 0 N–H and O–H groups in total. The average Bonchev–Trinajstić information content (AvgIpc) is 3.37. The van der Waals surface area contributed by atoms with Crippen LogP contribution in [0.1, 0.15) is 28.5 Å². The van der Waals surface area contributed by atoms with Gasteiger partial charge in [0.15, 0.2) is 18.0 Å². The van der Waals surface area contributed by atoms with E-state index >= 15 is 0 Å². The number of fused-ring (bicyclic) bond motifs is 1. The zero-order chi connectivity index (χ0) is 20.4. The van der Waals surface area contributed by atoms with Gasteiger partial charge in [-0.3, -0.25) is 9.48 Å². The van der Waals surface area contributed by atoms with Gasteiger partial charge in [0, 0.05) is 36.4 Å². The largest absolute Gasteiger partial charge is 0.451 e. The number of hydrogen-bond acceptors (Lipinski definition) is 5. The van der Waals surface area contributed by atoms with Crippen LogP contribution < -0.4 is 0 Å². The Morgan fingerprint density at radius 2 is 2.17 bits per heavy atom. The molecule has 1 aliphatic rings. The van der Waals surface area contributed by atoms with Crippen molar-refractivity contribution in [2.45, 2.75) is 26.4 Å². The Kier molecular flexibility index (Phi) is 5.39. The maximum absolute atomic E-state index is 13.6. The fraction of sp³-hybridized carbons (Fsp3) is 0.350. The lowest BCUT2D eigenvalue weighted by molar-refractivity contribution is 0.0731. The summed E-state index contributed by atoms with van der Waals surface area (Å²) in [7, 11) is 0. The predicted molar refractivity (Wildman–Crippen MR) is 99.0 cm³/mol. The first-order valence-corrected chi connectivity index (χ1v) is 9.37. The standard InChI is InChI=1S/C20H20F2N4O3/c1-2-28-8-7-26-18-5-6-25(20(27)13-3-4-15(21)16(22)9-13)10-14(18)19(24-26)17-11-29-12-23-17/h3-4,9,11-12H,2,5-8,10H2,1H3. The van der Waals surface area contributed by atoms with E-state index in [0.717, 1.165) is 23.4 Å². The molecule has 152 valence electrons. The van der Waals surface area contributed by atoms with Gasteiger partial charge in [-0.15, -0.1) is 0 Å². The SMILES string of the molecule is CCOCCn1nc(-c2cocn2)c2c1CCN(C(=O)c1ccc(F)c(F)c1)C2. The summed E-state index contributed by atoms with van der Waals surface area (Å²) in [5.74, 6) is -2.38. The molecule has 3 heterocycles. The molecule has 0 unspecified atom stereocenters. The van der Waals surface area contributed by atoms with Crippen molar-refractivity contribution in [1.82, 2.24) is 19.7 Å². The van der Waals surface area contributed by atoms with Crippen LogP contribution in [-0.4, -0.2) is 45.3 Å². The van der Waals surface area contributed by atoms with Crippen molar-refractivity contribution in [3.05, 3.63) is 59.3 Å². The number of aromatic nitrogens is 3. The molecule has 3 aromatic rings. The number of benzene rings is 1. The van der Waals surface area contributed by atoms with Crippen molar-refractivity contribution in [1.29, 1.82) is 0 Å². The van der Waals surface area contributed by atoms with E-state index < -0.39 is 11.6 Å². The lowest BCUT2D eigenvalue weighted by Crippen LogP contribution is -2.36. The number of carbonyl (C=O) groups excluding carboxylic acids is 1. The third-order valence-electron chi connectivity index (χ3n) is 4.91. The lowest BCUT2D eigenvalue weighted by atomic mass is 10.0. The van der Waals surface area contributed by atoms with E-state index in [1.54, 1.807) is 4.90 Å². The van der Waals surface area contributed by atoms with Gasteiger partial charge >= 0.3 is 0 Å². The van der Waals surface area contributed by atoms with Gasteiger partial charge in [-0.1, -0.05) is 0 Å². The maximum atomic E-state index is 13.6. The molecule has 29 heavy (non-hydrogen) atoms. The van der Waals surface area contributed by atoms with E-state index in [1.807, 2.05) is 11.6 Å². The topological polar surface area (TPSA) is 73.4 Å². The van der Waals surface area contributed by atoms with Gasteiger partial charge in [0.25, 0.3) is 5.91 Å². The summed E-state index contributed by atoms with van der Waals surface area (Å²) in [5.41, 5.74) is 3.22. The second kappa shape index (κ2) is 8.12. The fourth-order valence-corrected chi connectivity index (χ4v) is 3.49. The van der Waals surface area contributed by atoms with E-state index in [-0.39, 0.29) is 11.5 Å². The Morgan fingerprint density at radius 1 is 1.31 bits per heavy atom. The monoisotopic (exact) mass is 402 g/mol. The minimum Gasteiger partial charge on any atom is -0.451 e. The normalized spacial score (nSPS) is 13.6. The Hall–Kier alpha value is -3.07. The van der Waals surface area contributed by atoms with Crippen LogP contribution in [0, 0.1) is 11.6 Å². The summed E-state index contributed by atoms with van der Waals surface area (Å²) in [6.07, 6.45) is 3.42. The number of carbonyl (C=O) groups is 1. The smallest absolute Gasteiger partial charge is 0.254 e. The molecule has 1 aliphatic heterocycles. The molecule has 4 rings (SSSR count). The third-order valence-corrected chi connectivity index (χ3v) is 4.91. The lowest BCUT2D eigenvalue weighted by Gasteiger charge is -2.28. The zero-order valence-corrected chi connectivity index (χ0v) is 15.9. The third kappa shape index (κ3) is 3.77. The number of rotatable bonds is 6. The summed E-state index contributed by atoms with van der Waals surface area (Å²) >= 11 is 0. The summed E-state index contributed by atoms with van der Waals surface area (Å²) in [6, 6.07) is 3.18. The highest BCUT2D eigenvalue weighted by molar-refractivity contribution is 5.94. The number of nitrogens with zero attached hydrogens (tertiary/aromatic N) is 4. The number of halogens is 2. The van der Waals surface area contributed by atoms with E-state index in [1.165, 1.54) is 18.7 Å². The molecule has 1 amide bonds. The Morgan fingerprint density at radius 3 is 2.90 bits per heavy atom. The van der Waals surface area contributed by atoms with Crippen LogP contribution in [0.25, 0.3) is 11.4 Å². The Bertz CT molecular complexity index is 1020. The van der Waals surface area contributed by atoms with Crippen LogP contribution in [-0.2, 0) is 24.2 Å². The Labute approximate surface area is 165 Å². The molecule has 2 aromatic heterocycles. The second-order valence-electron chi connectivity index (χ2n) is 6.67. The first-order chi connectivity index (χ1) is 14.1. The minimum absolute atomic E-state index is 0.110. The van der Waals surface area contributed by atoms with Gasteiger partial charge < -0.3 is 14.1 Å². The molecule has 0 saturated carbocycles. The fourth-order valence-electron chi connectivity index (χ4n) is 3.49. The van der Waals surface area contributed by atoms with Crippen molar-refractivity contribution in [3.8, 4) is 11.4 Å². The number of ether oxygens (including phenoxy) is 1. The highest BCUT2D eigenvalue weighted by atomic mass is 19.2. The molecule has 1 aromatic carbocycles. The van der Waals surface area contributed by atoms with Crippen LogP contribution in [0.5, 0.6) is 0 Å². The van der Waals surface area contributed by atoms with Crippen molar-refractivity contribution in [2.75, 3.05) is 19.8 Å². The summed E-state index contributed by atoms with van der Waals surface area (Å²) in [5, 5.41) is 4.66. The Balaban J connectivity index is 1.63. The van der Waals surface area contributed by atoms with Gasteiger partial charge in [-0.05, 0) is 25.1 Å². The van der Waals surface area contributed by atoms with Crippen molar-refractivity contribution in [3.63, 3.8) is 0 Å². The number of oxazole rings is 1. The number of hydrogen-bond donors (Lipinski definition) is 0. The van der Waals surface area contributed by atoms with Crippen LogP contribution in [0.4, 0.5) is 8.78 Å². The summed E-state index contributed by atoms with van der Waals surface area (Å²) in [4.78, 5) is 18.6. The van der Waals surface area contributed by atoms with Crippen LogP contribution >= 0.6 is 0 Å². The van der Waals surface area contributed by atoms with E-state index in [9.17, 15) is 13.6 Å². The van der Waals surface area contributed by atoms with Crippen molar-refractivity contribution >= 4 is 5.91 Å². The summed E-state index contributed by atoms with van der Waals surface area (Å²) in [6.45, 7) is 4.41. The molecule has 0 spiro atoms. The van der Waals surface area contributed by atoms with E-state index in [2.05, 4.69) is 10.1 Å². The van der Waals surface area contributed by atoms with Gasteiger partial charge in [-0.2, -0.15) is 5.10 Å². The number of amides is 1.